The fraction of sp³-hybridized carbons (Fsp3) is 0.368. The SMILES string of the molecule is COc1cc(C(=O)NC2CCN(Cc3cccnc3)CC2)ccc1F. The van der Waals surface area contributed by atoms with Crippen LogP contribution in [0.5, 0.6) is 5.75 Å². The third kappa shape index (κ3) is 4.54. The van der Waals surface area contributed by atoms with E-state index in [-0.39, 0.29) is 17.7 Å². The van der Waals surface area contributed by atoms with E-state index in [1.54, 1.807) is 6.20 Å². The minimum atomic E-state index is -0.470. The van der Waals surface area contributed by atoms with Gasteiger partial charge in [-0.05, 0) is 42.7 Å². The maximum absolute atomic E-state index is 13.4. The molecule has 2 heterocycles. The van der Waals surface area contributed by atoms with Gasteiger partial charge in [-0.2, -0.15) is 0 Å². The van der Waals surface area contributed by atoms with Crippen LogP contribution in [0, 0.1) is 5.82 Å². The van der Waals surface area contributed by atoms with Crippen molar-refractivity contribution < 1.29 is 13.9 Å². The lowest BCUT2D eigenvalue weighted by atomic mass is 10.0. The van der Waals surface area contributed by atoms with E-state index < -0.39 is 5.82 Å². The van der Waals surface area contributed by atoms with E-state index >= 15 is 0 Å². The van der Waals surface area contributed by atoms with Gasteiger partial charge in [-0.1, -0.05) is 6.07 Å². The number of carbonyl (C=O) groups is 1. The molecule has 0 aliphatic carbocycles. The summed E-state index contributed by atoms with van der Waals surface area (Å²) >= 11 is 0. The Bertz CT molecular complexity index is 716. The maximum atomic E-state index is 13.4. The number of aromatic nitrogens is 1. The summed E-state index contributed by atoms with van der Waals surface area (Å²) in [5, 5.41) is 3.03. The van der Waals surface area contributed by atoms with Crippen LogP contribution in [-0.4, -0.2) is 42.0 Å². The molecular formula is C19H22FN3O2. The molecule has 0 saturated carbocycles. The van der Waals surface area contributed by atoms with Gasteiger partial charge in [-0.25, -0.2) is 4.39 Å². The molecule has 1 aliphatic heterocycles. The van der Waals surface area contributed by atoms with Crippen molar-refractivity contribution in [1.29, 1.82) is 0 Å². The summed E-state index contributed by atoms with van der Waals surface area (Å²) in [5.41, 5.74) is 1.61. The van der Waals surface area contributed by atoms with Gasteiger partial charge < -0.3 is 10.1 Å². The van der Waals surface area contributed by atoms with Gasteiger partial charge in [0.2, 0.25) is 0 Å². The largest absolute Gasteiger partial charge is 0.494 e. The molecule has 1 aliphatic rings. The molecule has 0 bridgehead atoms. The molecule has 1 aromatic heterocycles. The second-order valence-corrected chi connectivity index (χ2v) is 6.23. The number of nitrogens with one attached hydrogen (secondary N) is 1. The van der Waals surface area contributed by atoms with E-state index in [1.165, 1.54) is 30.9 Å². The molecule has 5 nitrogen and oxygen atoms in total. The average Bonchev–Trinajstić information content (AvgIpc) is 2.64. The number of rotatable bonds is 5. The van der Waals surface area contributed by atoms with Gasteiger partial charge in [0.15, 0.2) is 11.6 Å². The Morgan fingerprint density at radius 2 is 2.16 bits per heavy atom. The van der Waals surface area contributed by atoms with Crippen LogP contribution in [0.15, 0.2) is 42.7 Å². The number of carbonyl (C=O) groups excluding carboxylic acids is 1. The lowest BCUT2D eigenvalue weighted by Gasteiger charge is -2.32. The van der Waals surface area contributed by atoms with Gasteiger partial charge in [0.05, 0.1) is 7.11 Å². The molecule has 1 saturated heterocycles. The second kappa shape index (κ2) is 8.07. The van der Waals surface area contributed by atoms with Crippen LogP contribution >= 0.6 is 0 Å². The van der Waals surface area contributed by atoms with Crippen LogP contribution in [0.2, 0.25) is 0 Å². The highest BCUT2D eigenvalue weighted by Crippen LogP contribution is 2.19. The van der Waals surface area contributed by atoms with Crippen molar-refractivity contribution in [2.24, 2.45) is 0 Å². The number of likely N-dealkylation sites (tertiary alicyclic amines) is 1. The van der Waals surface area contributed by atoms with E-state index in [0.29, 0.717) is 5.56 Å². The first-order valence-electron chi connectivity index (χ1n) is 8.41. The molecule has 0 atom stereocenters. The normalized spacial score (nSPS) is 15.8. The van der Waals surface area contributed by atoms with Crippen molar-refractivity contribution in [3.05, 3.63) is 59.7 Å². The molecule has 0 radical (unpaired) electrons. The van der Waals surface area contributed by atoms with Gasteiger partial charge in [-0.3, -0.25) is 14.7 Å². The number of amides is 1. The molecule has 0 spiro atoms. The van der Waals surface area contributed by atoms with Crippen LogP contribution in [0.4, 0.5) is 4.39 Å². The average molecular weight is 343 g/mol. The molecule has 1 N–H and O–H groups in total. The van der Waals surface area contributed by atoms with Crippen molar-refractivity contribution in [2.45, 2.75) is 25.4 Å². The fourth-order valence-electron chi connectivity index (χ4n) is 3.06. The number of hydrogen-bond acceptors (Lipinski definition) is 4. The summed E-state index contributed by atoms with van der Waals surface area (Å²) in [5.74, 6) is -0.578. The topological polar surface area (TPSA) is 54.5 Å². The van der Waals surface area contributed by atoms with E-state index in [9.17, 15) is 9.18 Å². The smallest absolute Gasteiger partial charge is 0.251 e. The summed E-state index contributed by atoms with van der Waals surface area (Å²) in [6.07, 6.45) is 5.44. The predicted octanol–water partition coefficient (Wildman–Crippen LogP) is 2.62. The first-order valence-corrected chi connectivity index (χ1v) is 8.41. The number of piperidine rings is 1. The number of pyridine rings is 1. The van der Waals surface area contributed by atoms with Crippen LogP contribution in [0.3, 0.4) is 0 Å². The molecular weight excluding hydrogens is 321 g/mol. The van der Waals surface area contributed by atoms with Crippen molar-refractivity contribution in [2.75, 3.05) is 20.2 Å². The Balaban J connectivity index is 1.51. The Kier molecular flexibility index (Phi) is 5.60. The Morgan fingerprint density at radius 1 is 1.36 bits per heavy atom. The zero-order chi connectivity index (χ0) is 17.6. The molecule has 25 heavy (non-hydrogen) atoms. The Hall–Kier alpha value is -2.47. The zero-order valence-corrected chi connectivity index (χ0v) is 14.2. The van der Waals surface area contributed by atoms with Crippen LogP contribution in [-0.2, 0) is 6.54 Å². The van der Waals surface area contributed by atoms with Gasteiger partial charge >= 0.3 is 0 Å². The molecule has 3 rings (SSSR count). The van der Waals surface area contributed by atoms with Gasteiger partial charge in [0.1, 0.15) is 0 Å². The number of nitrogens with zero attached hydrogens (tertiary/aromatic N) is 2. The van der Waals surface area contributed by atoms with Gasteiger partial charge in [0, 0.05) is 43.6 Å². The zero-order valence-electron chi connectivity index (χ0n) is 14.2. The van der Waals surface area contributed by atoms with Gasteiger partial charge in [0.25, 0.3) is 5.91 Å². The Morgan fingerprint density at radius 3 is 2.84 bits per heavy atom. The summed E-state index contributed by atoms with van der Waals surface area (Å²) in [7, 11) is 1.39. The number of ether oxygens (including phenoxy) is 1. The van der Waals surface area contributed by atoms with E-state index in [4.69, 9.17) is 4.74 Å². The summed E-state index contributed by atoms with van der Waals surface area (Å²) in [6.45, 7) is 2.73. The van der Waals surface area contributed by atoms with Crippen LogP contribution in [0.25, 0.3) is 0 Å². The summed E-state index contributed by atoms with van der Waals surface area (Å²) < 4.78 is 18.4. The van der Waals surface area contributed by atoms with E-state index in [2.05, 4.69) is 21.3 Å². The van der Waals surface area contributed by atoms with E-state index in [1.807, 2.05) is 12.3 Å². The second-order valence-electron chi connectivity index (χ2n) is 6.23. The molecule has 6 heteroatoms. The van der Waals surface area contributed by atoms with Crippen LogP contribution < -0.4 is 10.1 Å². The standard InChI is InChI=1S/C19H22FN3O2/c1-25-18-11-15(4-5-17(18)20)19(24)22-16-6-9-23(10-7-16)13-14-3-2-8-21-12-14/h2-5,8,11-12,16H,6-7,9-10,13H2,1H3,(H,22,24). The summed E-state index contributed by atoms with van der Waals surface area (Å²) in [4.78, 5) is 18.9. The first kappa shape index (κ1) is 17.4. The highest BCUT2D eigenvalue weighted by molar-refractivity contribution is 5.94. The summed E-state index contributed by atoms with van der Waals surface area (Å²) in [6, 6.07) is 8.31. The number of methoxy groups -OCH3 is 1. The quantitative estimate of drug-likeness (QED) is 0.907. The molecule has 132 valence electrons. The lowest BCUT2D eigenvalue weighted by molar-refractivity contribution is 0.0908. The first-order chi connectivity index (χ1) is 12.2. The van der Waals surface area contributed by atoms with Crippen molar-refractivity contribution in [1.82, 2.24) is 15.2 Å². The van der Waals surface area contributed by atoms with Crippen molar-refractivity contribution in [3.63, 3.8) is 0 Å². The molecule has 1 aromatic carbocycles. The Labute approximate surface area is 146 Å². The van der Waals surface area contributed by atoms with Gasteiger partial charge in [-0.15, -0.1) is 0 Å². The highest BCUT2D eigenvalue weighted by atomic mass is 19.1. The minimum Gasteiger partial charge on any atom is -0.494 e. The number of benzene rings is 1. The monoisotopic (exact) mass is 343 g/mol. The molecule has 2 aromatic rings. The number of hydrogen-bond donors (Lipinski definition) is 1. The fourth-order valence-corrected chi connectivity index (χ4v) is 3.06. The van der Waals surface area contributed by atoms with Crippen molar-refractivity contribution in [3.8, 4) is 5.75 Å². The third-order valence-corrected chi connectivity index (χ3v) is 4.47. The third-order valence-electron chi connectivity index (χ3n) is 4.47. The lowest BCUT2D eigenvalue weighted by Crippen LogP contribution is -2.44. The molecule has 1 amide bonds. The number of halogens is 1. The minimum absolute atomic E-state index is 0.0824. The van der Waals surface area contributed by atoms with E-state index in [0.717, 1.165) is 32.5 Å². The highest BCUT2D eigenvalue weighted by Gasteiger charge is 2.21. The van der Waals surface area contributed by atoms with Crippen LogP contribution in [0.1, 0.15) is 28.8 Å². The molecule has 0 unspecified atom stereocenters. The van der Waals surface area contributed by atoms with Crippen molar-refractivity contribution >= 4 is 5.91 Å². The predicted molar refractivity (Wildman–Crippen MR) is 93.0 cm³/mol. The maximum Gasteiger partial charge on any atom is 0.251 e. The molecule has 1 fully saturated rings.